The van der Waals surface area contributed by atoms with Crippen LogP contribution in [0.1, 0.15) is 56.2 Å². The summed E-state index contributed by atoms with van der Waals surface area (Å²) >= 11 is 0. The number of benzene rings is 1. The molecule has 1 aromatic rings. The summed E-state index contributed by atoms with van der Waals surface area (Å²) < 4.78 is 0. The minimum absolute atomic E-state index is 0.0849. The second kappa shape index (κ2) is 5.89. The highest BCUT2D eigenvalue weighted by atomic mass is 16.3. The molecule has 3 unspecified atom stereocenters. The van der Waals surface area contributed by atoms with Gasteiger partial charge in [-0.1, -0.05) is 32.0 Å². The minimum Gasteiger partial charge on any atom is -0.393 e. The Bertz CT molecular complexity index is 463. The Balaban J connectivity index is 1.69. The molecule has 0 saturated heterocycles. The van der Waals surface area contributed by atoms with Crippen molar-refractivity contribution in [2.24, 2.45) is 17.8 Å². The molecule has 3 atom stereocenters. The van der Waals surface area contributed by atoms with Gasteiger partial charge >= 0.3 is 0 Å². The maximum atomic E-state index is 10.3. The summed E-state index contributed by atoms with van der Waals surface area (Å²) in [5.74, 6) is 2.03. The van der Waals surface area contributed by atoms with E-state index >= 15 is 0 Å². The van der Waals surface area contributed by atoms with E-state index in [2.05, 4.69) is 32.0 Å². The normalized spacial score (nSPS) is 29.7. The van der Waals surface area contributed by atoms with Crippen LogP contribution in [0.4, 0.5) is 0 Å². The largest absolute Gasteiger partial charge is 0.393 e. The lowest BCUT2D eigenvalue weighted by Crippen LogP contribution is -2.32. The smallest absolute Gasteiger partial charge is 0.0571 e. The standard InChI is InChI=1S/C19H28O/c1-13(2)16-8-9-19(20)18(12-16)11-14-6-7-15-4-3-5-17(15)10-14/h6-7,10,13,16,18-20H,3-5,8-9,11-12H2,1-2H3. The van der Waals surface area contributed by atoms with Crippen LogP contribution in [0.3, 0.4) is 0 Å². The van der Waals surface area contributed by atoms with Gasteiger partial charge in [0.05, 0.1) is 6.10 Å². The van der Waals surface area contributed by atoms with E-state index in [1.54, 1.807) is 11.1 Å². The van der Waals surface area contributed by atoms with Gasteiger partial charge in [-0.25, -0.2) is 0 Å². The van der Waals surface area contributed by atoms with Crippen molar-refractivity contribution in [2.45, 2.75) is 64.9 Å². The van der Waals surface area contributed by atoms with Crippen LogP contribution in [0.25, 0.3) is 0 Å². The fraction of sp³-hybridized carbons (Fsp3) is 0.684. The van der Waals surface area contributed by atoms with Gasteiger partial charge in [-0.15, -0.1) is 0 Å². The molecule has 1 saturated carbocycles. The highest BCUT2D eigenvalue weighted by Gasteiger charge is 2.30. The van der Waals surface area contributed by atoms with E-state index in [0.29, 0.717) is 5.92 Å². The molecule has 1 nitrogen and oxygen atoms in total. The average molecular weight is 272 g/mol. The number of fused-ring (bicyclic) bond motifs is 1. The minimum atomic E-state index is -0.0849. The van der Waals surface area contributed by atoms with Crippen molar-refractivity contribution >= 4 is 0 Å². The third-order valence-corrected chi connectivity index (χ3v) is 5.59. The van der Waals surface area contributed by atoms with Gasteiger partial charge in [0, 0.05) is 0 Å². The van der Waals surface area contributed by atoms with Gasteiger partial charge in [-0.2, -0.15) is 0 Å². The highest BCUT2D eigenvalue weighted by Crippen LogP contribution is 2.36. The van der Waals surface area contributed by atoms with Crippen LogP contribution in [-0.4, -0.2) is 11.2 Å². The van der Waals surface area contributed by atoms with Crippen molar-refractivity contribution in [3.05, 3.63) is 34.9 Å². The van der Waals surface area contributed by atoms with Crippen molar-refractivity contribution < 1.29 is 5.11 Å². The zero-order valence-corrected chi connectivity index (χ0v) is 12.9. The number of hydrogen-bond donors (Lipinski definition) is 1. The van der Waals surface area contributed by atoms with Crippen molar-refractivity contribution in [1.29, 1.82) is 0 Å². The fourth-order valence-electron chi connectivity index (χ4n) is 4.16. The first kappa shape index (κ1) is 14.1. The van der Waals surface area contributed by atoms with Crippen molar-refractivity contribution in [2.75, 3.05) is 0 Å². The van der Waals surface area contributed by atoms with Crippen molar-refractivity contribution in [3.63, 3.8) is 0 Å². The number of aliphatic hydroxyl groups excluding tert-OH is 1. The van der Waals surface area contributed by atoms with Gasteiger partial charge in [0.25, 0.3) is 0 Å². The zero-order valence-electron chi connectivity index (χ0n) is 12.9. The molecule has 0 radical (unpaired) electrons. The Morgan fingerprint density at radius 1 is 1.15 bits per heavy atom. The predicted molar refractivity (Wildman–Crippen MR) is 83.8 cm³/mol. The third-order valence-electron chi connectivity index (χ3n) is 5.59. The molecule has 0 bridgehead atoms. The van der Waals surface area contributed by atoms with E-state index in [9.17, 15) is 5.11 Å². The summed E-state index contributed by atoms with van der Waals surface area (Å²) in [6.45, 7) is 4.66. The fourth-order valence-corrected chi connectivity index (χ4v) is 4.16. The van der Waals surface area contributed by atoms with E-state index in [0.717, 1.165) is 24.7 Å². The van der Waals surface area contributed by atoms with E-state index in [4.69, 9.17) is 0 Å². The van der Waals surface area contributed by atoms with E-state index in [-0.39, 0.29) is 6.10 Å². The van der Waals surface area contributed by atoms with Crippen LogP contribution >= 0.6 is 0 Å². The predicted octanol–water partition coefficient (Wildman–Crippen LogP) is 4.15. The van der Waals surface area contributed by atoms with Gasteiger partial charge in [-0.3, -0.25) is 0 Å². The molecule has 0 spiro atoms. The van der Waals surface area contributed by atoms with Crippen LogP contribution in [-0.2, 0) is 19.3 Å². The molecule has 20 heavy (non-hydrogen) atoms. The highest BCUT2D eigenvalue weighted by molar-refractivity contribution is 5.35. The molecule has 2 aliphatic carbocycles. The quantitative estimate of drug-likeness (QED) is 0.876. The lowest BCUT2D eigenvalue weighted by atomic mass is 9.73. The van der Waals surface area contributed by atoms with E-state index in [1.165, 1.54) is 37.7 Å². The molecule has 3 rings (SSSR count). The molecule has 0 aliphatic heterocycles. The SMILES string of the molecule is CC(C)C1CCC(O)C(Cc2ccc3c(c2)CCC3)C1. The average Bonchev–Trinajstić information content (AvgIpc) is 2.88. The maximum absolute atomic E-state index is 10.3. The molecular weight excluding hydrogens is 244 g/mol. The Morgan fingerprint density at radius 2 is 1.95 bits per heavy atom. The summed E-state index contributed by atoms with van der Waals surface area (Å²) in [4.78, 5) is 0. The molecule has 0 aromatic heterocycles. The molecule has 1 heteroatoms. The molecule has 1 aromatic carbocycles. The van der Waals surface area contributed by atoms with Gasteiger partial charge in [0.2, 0.25) is 0 Å². The first-order valence-corrected chi connectivity index (χ1v) is 8.42. The van der Waals surface area contributed by atoms with Gasteiger partial charge < -0.3 is 5.11 Å². The molecule has 1 N–H and O–H groups in total. The van der Waals surface area contributed by atoms with Crippen molar-refractivity contribution in [1.82, 2.24) is 0 Å². The Kier molecular flexibility index (Phi) is 4.16. The third kappa shape index (κ3) is 2.93. The second-order valence-electron chi connectivity index (χ2n) is 7.31. The summed E-state index contributed by atoms with van der Waals surface area (Å²) in [6.07, 6.45) is 8.23. The van der Waals surface area contributed by atoms with E-state index in [1.807, 2.05) is 0 Å². The number of aliphatic hydroxyl groups is 1. The Labute approximate surface area is 123 Å². The Morgan fingerprint density at radius 3 is 2.75 bits per heavy atom. The zero-order chi connectivity index (χ0) is 14.1. The summed E-state index contributed by atoms with van der Waals surface area (Å²) in [5, 5.41) is 10.3. The van der Waals surface area contributed by atoms with Crippen LogP contribution in [0.5, 0.6) is 0 Å². The van der Waals surface area contributed by atoms with Gasteiger partial charge in [0.15, 0.2) is 0 Å². The van der Waals surface area contributed by atoms with Crippen LogP contribution in [0, 0.1) is 17.8 Å². The van der Waals surface area contributed by atoms with Crippen LogP contribution in [0.2, 0.25) is 0 Å². The number of hydrogen-bond acceptors (Lipinski definition) is 1. The molecular formula is C19H28O. The number of rotatable bonds is 3. The molecule has 0 heterocycles. The maximum Gasteiger partial charge on any atom is 0.0571 e. The molecule has 1 fully saturated rings. The number of aryl methyl sites for hydroxylation is 2. The monoisotopic (exact) mass is 272 g/mol. The summed E-state index contributed by atoms with van der Waals surface area (Å²) in [7, 11) is 0. The molecule has 110 valence electrons. The summed E-state index contributed by atoms with van der Waals surface area (Å²) in [5.41, 5.74) is 4.56. The lowest BCUT2D eigenvalue weighted by Gasteiger charge is -2.35. The first-order chi connectivity index (χ1) is 9.63. The molecule has 0 amide bonds. The first-order valence-electron chi connectivity index (χ1n) is 8.42. The topological polar surface area (TPSA) is 20.2 Å². The Hall–Kier alpha value is -0.820. The van der Waals surface area contributed by atoms with Crippen molar-refractivity contribution in [3.8, 4) is 0 Å². The van der Waals surface area contributed by atoms with Crippen LogP contribution in [0.15, 0.2) is 18.2 Å². The van der Waals surface area contributed by atoms with Crippen LogP contribution < -0.4 is 0 Å². The molecule has 2 aliphatic rings. The lowest BCUT2D eigenvalue weighted by molar-refractivity contribution is 0.0378. The van der Waals surface area contributed by atoms with E-state index < -0.39 is 0 Å². The second-order valence-corrected chi connectivity index (χ2v) is 7.31. The van der Waals surface area contributed by atoms with Gasteiger partial charge in [-0.05, 0) is 79.4 Å². The van der Waals surface area contributed by atoms with Gasteiger partial charge in [0.1, 0.15) is 0 Å². The summed E-state index contributed by atoms with van der Waals surface area (Å²) in [6, 6.07) is 7.04.